The second kappa shape index (κ2) is 11.0. The van der Waals surface area contributed by atoms with Crippen LogP contribution in [0.2, 0.25) is 10.0 Å². The largest absolute Gasteiger partial charge is 0.505 e. The lowest BCUT2D eigenvalue weighted by molar-refractivity contribution is 0.102. The fraction of sp³-hybridized carbons (Fsp3) is 0.115. The first-order chi connectivity index (χ1) is 18.0. The van der Waals surface area contributed by atoms with Crippen LogP contribution in [-0.4, -0.2) is 31.1 Å². The van der Waals surface area contributed by atoms with Crippen molar-refractivity contribution in [2.24, 2.45) is 10.2 Å². The van der Waals surface area contributed by atoms with E-state index in [9.17, 15) is 22.9 Å². The highest BCUT2D eigenvalue weighted by Gasteiger charge is 2.22. The molecule has 0 aromatic heterocycles. The fourth-order valence-electron chi connectivity index (χ4n) is 3.75. The van der Waals surface area contributed by atoms with Crippen LogP contribution in [0.25, 0.3) is 10.8 Å². The molecule has 38 heavy (non-hydrogen) atoms. The summed E-state index contributed by atoms with van der Waals surface area (Å²) in [6, 6.07) is 15.7. The number of amides is 1. The molecule has 0 bridgehead atoms. The molecule has 3 N–H and O–H groups in total. The summed E-state index contributed by atoms with van der Waals surface area (Å²) < 4.78 is 39.0. The summed E-state index contributed by atoms with van der Waals surface area (Å²) in [7, 11) is -3.26. The second-order valence-electron chi connectivity index (χ2n) is 8.10. The van der Waals surface area contributed by atoms with Gasteiger partial charge in [0, 0.05) is 17.1 Å². The maximum absolute atomic E-state index is 13.1. The molecule has 4 rings (SSSR count). The van der Waals surface area contributed by atoms with Gasteiger partial charge in [0.15, 0.2) is 5.75 Å². The predicted molar refractivity (Wildman–Crippen MR) is 146 cm³/mol. The predicted octanol–water partition coefficient (Wildman–Crippen LogP) is 7.34. The number of halogens is 2. The third kappa shape index (κ3) is 5.58. The van der Waals surface area contributed by atoms with Gasteiger partial charge in [-0.1, -0.05) is 54.4 Å². The maximum atomic E-state index is 13.1. The van der Waals surface area contributed by atoms with Crippen LogP contribution in [0.15, 0.2) is 75.8 Å². The van der Waals surface area contributed by atoms with Crippen molar-refractivity contribution in [2.45, 2.75) is 18.2 Å². The van der Waals surface area contributed by atoms with Gasteiger partial charge in [-0.15, -0.1) is 10.2 Å². The Morgan fingerprint density at radius 3 is 2.39 bits per heavy atom. The zero-order chi connectivity index (χ0) is 27.6. The van der Waals surface area contributed by atoms with E-state index in [-0.39, 0.29) is 22.0 Å². The van der Waals surface area contributed by atoms with E-state index in [0.717, 1.165) is 0 Å². The number of phenols is 1. The van der Waals surface area contributed by atoms with Crippen LogP contribution in [0.5, 0.6) is 11.5 Å². The van der Waals surface area contributed by atoms with Gasteiger partial charge in [-0.2, -0.15) is 8.42 Å². The molecule has 1 amide bonds. The highest BCUT2D eigenvalue weighted by molar-refractivity contribution is 7.86. The lowest BCUT2D eigenvalue weighted by Gasteiger charge is -2.12. The Kier molecular flexibility index (Phi) is 7.89. The first-order valence-electron chi connectivity index (χ1n) is 11.1. The lowest BCUT2D eigenvalue weighted by atomic mass is 10.0. The van der Waals surface area contributed by atoms with Gasteiger partial charge in [-0.3, -0.25) is 9.35 Å². The molecular weight excluding hydrogens is 553 g/mol. The topological polar surface area (TPSA) is 138 Å². The second-order valence-corrected chi connectivity index (χ2v) is 10.3. The molecule has 0 heterocycles. The number of azo groups is 1. The van der Waals surface area contributed by atoms with Crippen LogP contribution < -0.4 is 10.1 Å². The summed E-state index contributed by atoms with van der Waals surface area (Å²) in [6.07, 6.45) is 0.460. The Balaban J connectivity index is 1.83. The number of nitrogens with zero attached hydrogens (tertiary/aromatic N) is 2. The van der Waals surface area contributed by atoms with Gasteiger partial charge in [-0.05, 0) is 47.7 Å². The number of hydrogen-bond acceptors (Lipinski definition) is 7. The van der Waals surface area contributed by atoms with E-state index in [1.54, 1.807) is 43.3 Å². The monoisotopic (exact) mass is 573 g/mol. The summed E-state index contributed by atoms with van der Waals surface area (Å²) in [4.78, 5) is 12.6. The molecule has 0 unspecified atom stereocenters. The summed E-state index contributed by atoms with van der Waals surface area (Å²) in [5, 5.41) is 23.1. The van der Waals surface area contributed by atoms with Crippen molar-refractivity contribution in [3.63, 3.8) is 0 Å². The first-order valence-corrected chi connectivity index (χ1v) is 13.3. The van der Waals surface area contributed by atoms with Crippen LogP contribution in [0.3, 0.4) is 0 Å². The standard InChI is InChI=1S/C26H21Cl2N3O6S/c1-3-14-10-20(28)24(22(11-14)38(34,35)36)31-30-23-17-7-5-4-6-15(17)12-18(25(23)32)26(33)29-16-8-9-19(27)21(13-16)37-2/h4-13,32H,3H2,1-2H3,(H,29,33)(H,34,35,36). The number of aromatic hydroxyl groups is 1. The van der Waals surface area contributed by atoms with Gasteiger partial charge < -0.3 is 15.2 Å². The Morgan fingerprint density at radius 2 is 1.71 bits per heavy atom. The van der Waals surface area contributed by atoms with E-state index >= 15 is 0 Å². The Morgan fingerprint density at radius 1 is 1.00 bits per heavy atom. The van der Waals surface area contributed by atoms with E-state index in [2.05, 4.69) is 15.5 Å². The quantitative estimate of drug-likeness (QED) is 0.156. The van der Waals surface area contributed by atoms with E-state index in [4.69, 9.17) is 27.9 Å². The number of hydrogen-bond donors (Lipinski definition) is 3. The number of ether oxygens (including phenoxy) is 1. The molecule has 0 aliphatic heterocycles. The van der Waals surface area contributed by atoms with Gasteiger partial charge in [0.2, 0.25) is 0 Å². The van der Waals surface area contributed by atoms with Crippen molar-refractivity contribution < 1.29 is 27.6 Å². The maximum Gasteiger partial charge on any atom is 0.296 e. The Labute approximate surface area is 228 Å². The molecule has 0 saturated heterocycles. The van der Waals surface area contributed by atoms with Crippen molar-refractivity contribution in [2.75, 3.05) is 12.4 Å². The summed E-state index contributed by atoms with van der Waals surface area (Å²) >= 11 is 12.3. The van der Waals surface area contributed by atoms with E-state index in [1.165, 1.54) is 31.4 Å². The fourth-order valence-corrected chi connectivity index (χ4v) is 4.98. The highest BCUT2D eigenvalue weighted by atomic mass is 35.5. The van der Waals surface area contributed by atoms with Crippen molar-refractivity contribution in [3.05, 3.63) is 81.8 Å². The third-order valence-electron chi connectivity index (χ3n) is 5.67. The number of phenolic OH excluding ortho intramolecular Hbond substituents is 1. The number of aryl methyl sites for hydroxylation is 1. The molecule has 0 aliphatic rings. The summed E-state index contributed by atoms with van der Waals surface area (Å²) in [6.45, 7) is 1.79. The molecule has 0 atom stereocenters. The molecule has 0 spiro atoms. The van der Waals surface area contributed by atoms with Gasteiger partial charge in [-0.25, -0.2) is 0 Å². The highest BCUT2D eigenvalue weighted by Crippen LogP contribution is 2.42. The van der Waals surface area contributed by atoms with Crippen molar-refractivity contribution >= 4 is 67.1 Å². The average Bonchev–Trinajstić information content (AvgIpc) is 2.88. The van der Waals surface area contributed by atoms with Crippen LogP contribution in [-0.2, 0) is 16.5 Å². The molecule has 0 fully saturated rings. The van der Waals surface area contributed by atoms with Gasteiger partial charge in [0.05, 0.1) is 22.7 Å². The Bertz CT molecular complexity index is 1710. The number of methoxy groups -OCH3 is 1. The molecule has 12 heteroatoms. The Hall–Kier alpha value is -3.70. The molecular formula is C26H21Cl2N3O6S. The minimum atomic E-state index is -4.70. The number of carbonyl (C=O) groups is 1. The molecule has 4 aromatic rings. The first kappa shape index (κ1) is 27.3. The smallest absolute Gasteiger partial charge is 0.296 e. The number of anilines is 1. The average molecular weight is 574 g/mol. The van der Waals surface area contributed by atoms with Crippen molar-refractivity contribution in [3.8, 4) is 11.5 Å². The van der Waals surface area contributed by atoms with Crippen LogP contribution >= 0.6 is 23.2 Å². The third-order valence-corrected chi connectivity index (χ3v) is 7.14. The van der Waals surface area contributed by atoms with Crippen LogP contribution in [0.1, 0.15) is 22.8 Å². The summed E-state index contributed by atoms with van der Waals surface area (Å²) in [5.41, 5.74) is 0.408. The minimum Gasteiger partial charge on any atom is -0.505 e. The van der Waals surface area contributed by atoms with Crippen molar-refractivity contribution in [1.82, 2.24) is 0 Å². The minimum absolute atomic E-state index is 0.0601. The van der Waals surface area contributed by atoms with Gasteiger partial charge >= 0.3 is 0 Å². The van der Waals surface area contributed by atoms with Crippen molar-refractivity contribution in [1.29, 1.82) is 0 Å². The van der Waals surface area contributed by atoms with Crippen LogP contribution in [0, 0.1) is 0 Å². The number of rotatable bonds is 7. The molecule has 0 saturated carbocycles. The SMILES string of the molecule is CCc1cc(Cl)c(N=Nc2c(O)c(C(=O)Nc3ccc(Cl)c(OC)c3)cc3ccccc23)c(S(=O)(=O)O)c1. The van der Waals surface area contributed by atoms with E-state index in [1.807, 2.05) is 0 Å². The molecule has 0 radical (unpaired) electrons. The number of fused-ring (bicyclic) bond motifs is 1. The molecule has 196 valence electrons. The lowest BCUT2D eigenvalue weighted by Crippen LogP contribution is -2.12. The van der Waals surface area contributed by atoms with Gasteiger partial charge in [0.25, 0.3) is 16.0 Å². The van der Waals surface area contributed by atoms with Crippen LogP contribution in [0.4, 0.5) is 17.1 Å². The van der Waals surface area contributed by atoms with E-state index < -0.39 is 26.7 Å². The number of nitrogens with one attached hydrogen (secondary N) is 1. The zero-order valence-corrected chi connectivity index (χ0v) is 22.4. The van der Waals surface area contributed by atoms with E-state index in [0.29, 0.717) is 39.2 Å². The molecule has 9 nitrogen and oxygen atoms in total. The number of carbonyl (C=O) groups excluding carboxylic acids is 1. The van der Waals surface area contributed by atoms with Gasteiger partial charge in [0.1, 0.15) is 22.0 Å². The molecule has 0 aliphatic carbocycles. The molecule has 4 aromatic carbocycles. The normalized spacial score (nSPS) is 11.7. The zero-order valence-electron chi connectivity index (χ0n) is 20.1. The number of benzene rings is 4. The summed E-state index contributed by atoms with van der Waals surface area (Å²) in [5.74, 6) is -0.805.